The molecule has 1 aliphatic heterocycles. The van der Waals surface area contributed by atoms with Crippen LogP contribution in [0.1, 0.15) is 31.7 Å². The Hall–Kier alpha value is -2.19. The van der Waals surface area contributed by atoms with Crippen molar-refractivity contribution in [1.82, 2.24) is 10.6 Å². The summed E-state index contributed by atoms with van der Waals surface area (Å²) in [5, 5.41) is 6.62. The van der Waals surface area contributed by atoms with E-state index in [1.807, 2.05) is 19.1 Å². The molecule has 1 saturated heterocycles. The number of hydrogen-bond acceptors (Lipinski definition) is 6. The Morgan fingerprint density at radius 1 is 1.07 bits per heavy atom. The molecule has 8 heteroatoms. The van der Waals surface area contributed by atoms with Gasteiger partial charge in [0, 0.05) is 32.9 Å². The van der Waals surface area contributed by atoms with Gasteiger partial charge in [0.2, 0.25) is 5.75 Å². The molecular formula is C21H35N3O5. The second kappa shape index (κ2) is 13.1. The standard InChI is InChI=1S/C21H35N3O5/c1-5-22-21(23-9-6-10-29-17-7-11-28-12-8-17)24-15-16-13-18(25-2)20(27-4)19(14-16)26-3/h13-14,17H,5-12,15H2,1-4H3,(H2,22,23,24). The van der Waals surface area contributed by atoms with E-state index in [1.165, 1.54) is 0 Å². The van der Waals surface area contributed by atoms with Gasteiger partial charge in [-0.15, -0.1) is 0 Å². The predicted octanol–water partition coefficient (Wildman–Crippen LogP) is 2.35. The molecule has 8 nitrogen and oxygen atoms in total. The number of rotatable bonds is 11. The molecule has 0 amide bonds. The van der Waals surface area contributed by atoms with E-state index < -0.39 is 0 Å². The van der Waals surface area contributed by atoms with Crippen LogP contribution < -0.4 is 24.8 Å². The Bertz CT molecular complexity index is 608. The highest BCUT2D eigenvalue weighted by Crippen LogP contribution is 2.38. The second-order valence-electron chi connectivity index (χ2n) is 6.69. The fraction of sp³-hybridized carbons (Fsp3) is 0.667. The minimum Gasteiger partial charge on any atom is -0.493 e. The van der Waals surface area contributed by atoms with Gasteiger partial charge in [-0.2, -0.15) is 0 Å². The highest BCUT2D eigenvalue weighted by molar-refractivity contribution is 5.79. The molecule has 1 heterocycles. The normalized spacial score (nSPS) is 15.1. The average Bonchev–Trinajstić information content (AvgIpc) is 2.76. The van der Waals surface area contributed by atoms with Crippen LogP contribution in [0.2, 0.25) is 0 Å². The zero-order chi connectivity index (χ0) is 20.9. The van der Waals surface area contributed by atoms with Gasteiger partial charge in [0.05, 0.1) is 34.0 Å². The monoisotopic (exact) mass is 409 g/mol. The van der Waals surface area contributed by atoms with Gasteiger partial charge in [-0.3, -0.25) is 0 Å². The number of ether oxygens (including phenoxy) is 5. The first kappa shape index (κ1) is 23.1. The summed E-state index contributed by atoms with van der Waals surface area (Å²) < 4.78 is 27.4. The third kappa shape index (κ3) is 7.62. The molecule has 1 aromatic carbocycles. The smallest absolute Gasteiger partial charge is 0.203 e. The van der Waals surface area contributed by atoms with Gasteiger partial charge >= 0.3 is 0 Å². The molecule has 0 radical (unpaired) electrons. The van der Waals surface area contributed by atoms with Crippen molar-refractivity contribution in [2.75, 3.05) is 54.2 Å². The van der Waals surface area contributed by atoms with Crippen molar-refractivity contribution in [3.8, 4) is 17.2 Å². The number of hydrogen-bond donors (Lipinski definition) is 2. The van der Waals surface area contributed by atoms with Crippen LogP contribution in [0.4, 0.5) is 0 Å². The lowest BCUT2D eigenvalue weighted by Crippen LogP contribution is -2.38. The summed E-state index contributed by atoms with van der Waals surface area (Å²) in [4.78, 5) is 4.66. The maximum absolute atomic E-state index is 5.91. The van der Waals surface area contributed by atoms with Crippen molar-refractivity contribution in [1.29, 1.82) is 0 Å². The highest BCUT2D eigenvalue weighted by Gasteiger charge is 2.14. The van der Waals surface area contributed by atoms with Crippen LogP contribution in [0, 0.1) is 0 Å². The Balaban J connectivity index is 1.86. The van der Waals surface area contributed by atoms with Gasteiger partial charge < -0.3 is 34.3 Å². The van der Waals surface area contributed by atoms with Crippen LogP contribution >= 0.6 is 0 Å². The zero-order valence-corrected chi connectivity index (χ0v) is 18.1. The summed E-state index contributed by atoms with van der Waals surface area (Å²) in [5.41, 5.74) is 0.972. The van der Waals surface area contributed by atoms with E-state index in [-0.39, 0.29) is 0 Å². The molecule has 1 fully saturated rings. The average molecular weight is 410 g/mol. The van der Waals surface area contributed by atoms with Gasteiger partial charge in [0.15, 0.2) is 17.5 Å². The van der Waals surface area contributed by atoms with Crippen LogP contribution in [0.15, 0.2) is 17.1 Å². The Morgan fingerprint density at radius 3 is 2.34 bits per heavy atom. The number of nitrogens with zero attached hydrogens (tertiary/aromatic N) is 1. The van der Waals surface area contributed by atoms with Gasteiger partial charge in [-0.25, -0.2) is 4.99 Å². The number of nitrogens with one attached hydrogen (secondary N) is 2. The van der Waals surface area contributed by atoms with E-state index in [0.29, 0.717) is 29.9 Å². The topological polar surface area (TPSA) is 82.6 Å². The predicted molar refractivity (Wildman–Crippen MR) is 113 cm³/mol. The molecule has 0 saturated carbocycles. The maximum Gasteiger partial charge on any atom is 0.203 e. The molecule has 2 N–H and O–H groups in total. The van der Waals surface area contributed by atoms with Crippen molar-refractivity contribution in [3.05, 3.63) is 17.7 Å². The van der Waals surface area contributed by atoms with E-state index in [1.54, 1.807) is 21.3 Å². The van der Waals surface area contributed by atoms with Crippen molar-refractivity contribution in [3.63, 3.8) is 0 Å². The SMILES string of the molecule is CCNC(=NCc1cc(OC)c(OC)c(OC)c1)NCCCOC1CCOCC1. The largest absolute Gasteiger partial charge is 0.493 e. The molecule has 0 atom stereocenters. The first-order chi connectivity index (χ1) is 14.2. The van der Waals surface area contributed by atoms with E-state index in [0.717, 1.165) is 63.7 Å². The lowest BCUT2D eigenvalue weighted by atomic mass is 10.1. The number of methoxy groups -OCH3 is 3. The number of aliphatic imine (C=N–C) groups is 1. The summed E-state index contributed by atoms with van der Waals surface area (Å²) in [6.07, 6.45) is 3.25. The Kier molecular flexibility index (Phi) is 10.4. The van der Waals surface area contributed by atoms with E-state index >= 15 is 0 Å². The third-order valence-corrected chi connectivity index (χ3v) is 4.62. The lowest BCUT2D eigenvalue weighted by molar-refractivity contribution is -0.0320. The quantitative estimate of drug-likeness (QED) is 0.330. The number of guanidine groups is 1. The van der Waals surface area contributed by atoms with Gasteiger partial charge in [-0.05, 0) is 43.9 Å². The second-order valence-corrected chi connectivity index (χ2v) is 6.69. The molecule has 0 bridgehead atoms. The Morgan fingerprint density at radius 2 is 1.76 bits per heavy atom. The molecular weight excluding hydrogens is 374 g/mol. The van der Waals surface area contributed by atoms with Crippen LogP contribution in [0.25, 0.3) is 0 Å². The fourth-order valence-corrected chi connectivity index (χ4v) is 3.11. The van der Waals surface area contributed by atoms with Crippen LogP contribution in [0.5, 0.6) is 17.2 Å². The van der Waals surface area contributed by atoms with Crippen LogP contribution in [-0.2, 0) is 16.0 Å². The van der Waals surface area contributed by atoms with Crippen molar-refractivity contribution in [2.24, 2.45) is 4.99 Å². The minimum absolute atomic E-state index is 0.339. The summed E-state index contributed by atoms with van der Waals surface area (Å²) in [6.45, 7) is 6.48. The van der Waals surface area contributed by atoms with Crippen molar-refractivity contribution >= 4 is 5.96 Å². The highest BCUT2D eigenvalue weighted by atomic mass is 16.5. The fourth-order valence-electron chi connectivity index (χ4n) is 3.11. The lowest BCUT2D eigenvalue weighted by Gasteiger charge is -2.22. The summed E-state index contributed by atoms with van der Waals surface area (Å²) in [7, 11) is 4.81. The Labute approximate surface area is 173 Å². The van der Waals surface area contributed by atoms with Gasteiger partial charge in [0.1, 0.15) is 0 Å². The number of benzene rings is 1. The van der Waals surface area contributed by atoms with E-state index in [9.17, 15) is 0 Å². The van der Waals surface area contributed by atoms with Crippen molar-refractivity contribution in [2.45, 2.75) is 38.8 Å². The van der Waals surface area contributed by atoms with Gasteiger partial charge in [0.25, 0.3) is 0 Å². The van der Waals surface area contributed by atoms with E-state index in [4.69, 9.17) is 23.7 Å². The first-order valence-corrected chi connectivity index (χ1v) is 10.2. The minimum atomic E-state index is 0.339. The molecule has 1 aromatic rings. The molecule has 2 rings (SSSR count). The molecule has 0 aromatic heterocycles. The van der Waals surface area contributed by atoms with E-state index in [2.05, 4.69) is 15.6 Å². The summed E-state index contributed by atoms with van der Waals surface area (Å²) in [6, 6.07) is 3.83. The summed E-state index contributed by atoms with van der Waals surface area (Å²) >= 11 is 0. The maximum atomic E-state index is 5.91. The first-order valence-electron chi connectivity index (χ1n) is 10.2. The molecule has 164 valence electrons. The van der Waals surface area contributed by atoms with Crippen molar-refractivity contribution < 1.29 is 23.7 Å². The molecule has 29 heavy (non-hydrogen) atoms. The molecule has 0 spiro atoms. The summed E-state index contributed by atoms with van der Waals surface area (Å²) in [5.74, 6) is 2.60. The van der Waals surface area contributed by atoms with Gasteiger partial charge in [-0.1, -0.05) is 0 Å². The third-order valence-electron chi connectivity index (χ3n) is 4.62. The molecule has 0 aliphatic carbocycles. The molecule has 1 aliphatic rings. The van der Waals surface area contributed by atoms with Crippen LogP contribution in [0.3, 0.4) is 0 Å². The van der Waals surface area contributed by atoms with Crippen LogP contribution in [-0.4, -0.2) is 66.3 Å². The molecule has 0 unspecified atom stereocenters. The zero-order valence-electron chi connectivity index (χ0n) is 18.1.